The number of hydrogen-bond acceptors (Lipinski definition) is 6. The number of nitrogens with one attached hydrogen (secondary N) is 1. The van der Waals surface area contributed by atoms with Crippen molar-refractivity contribution in [2.24, 2.45) is 0 Å². The number of aromatic nitrogens is 1. The molecule has 2 aromatic rings. The van der Waals surface area contributed by atoms with Crippen LogP contribution < -0.4 is 5.32 Å². The van der Waals surface area contributed by atoms with Crippen molar-refractivity contribution in [3.63, 3.8) is 0 Å². The number of amides is 1. The second kappa shape index (κ2) is 8.58. The van der Waals surface area contributed by atoms with E-state index < -0.39 is 12.1 Å². The number of carbonyl (C=O) groups excluding carboxylic acids is 2. The van der Waals surface area contributed by atoms with Gasteiger partial charge in [0.15, 0.2) is 11.8 Å². The molecular weight excluding hydrogens is 356 g/mol. The number of nitrogens with zero attached hydrogens (tertiary/aromatic N) is 1. The summed E-state index contributed by atoms with van der Waals surface area (Å²) >= 11 is 2.98. The molecule has 7 heteroatoms. The van der Waals surface area contributed by atoms with Gasteiger partial charge in [-0.3, -0.25) is 4.79 Å². The van der Waals surface area contributed by atoms with Crippen molar-refractivity contribution >= 4 is 34.6 Å². The van der Waals surface area contributed by atoms with E-state index in [1.807, 2.05) is 16.8 Å². The molecule has 1 unspecified atom stereocenters. The highest BCUT2D eigenvalue weighted by Gasteiger charge is 2.23. The van der Waals surface area contributed by atoms with Crippen LogP contribution in [0.4, 0.5) is 0 Å². The lowest BCUT2D eigenvalue weighted by atomic mass is 10.1. The molecule has 134 valence electrons. The van der Waals surface area contributed by atoms with Crippen LogP contribution in [0.2, 0.25) is 0 Å². The van der Waals surface area contributed by atoms with E-state index in [1.54, 1.807) is 23.6 Å². The van der Waals surface area contributed by atoms with Gasteiger partial charge < -0.3 is 10.1 Å². The van der Waals surface area contributed by atoms with E-state index in [4.69, 9.17) is 4.74 Å². The Morgan fingerprint density at radius 3 is 2.68 bits per heavy atom. The summed E-state index contributed by atoms with van der Waals surface area (Å²) < 4.78 is 5.30. The van der Waals surface area contributed by atoms with E-state index in [0.717, 1.165) is 36.3 Å². The second-order valence-corrected chi connectivity index (χ2v) is 7.93. The molecule has 0 radical (unpaired) electrons. The Morgan fingerprint density at radius 2 is 2.00 bits per heavy atom. The first-order valence-electron chi connectivity index (χ1n) is 8.63. The average molecular weight is 379 g/mol. The fourth-order valence-corrected chi connectivity index (χ4v) is 4.40. The zero-order valence-corrected chi connectivity index (χ0v) is 15.8. The number of thiophene rings is 1. The molecule has 1 fully saturated rings. The summed E-state index contributed by atoms with van der Waals surface area (Å²) in [6.45, 7) is 1.61. The zero-order valence-electron chi connectivity index (χ0n) is 14.2. The Morgan fingerprint density at radius 1 is 1.24 bits per heavy atom. The highest BCUT2D eigenvalue weighted by Crippen LogP contribution is 2.26. The molecule has 1 saturated carbocycles. The largest absolute Gasteiger partial charge is 0.448 e. The molecule has 0 bridgehead atoms. The van der Waals surface area contributed by atoms with Gasteiger partial charge in [0, 0.05) is 22.4 Å². The fraction of sp³-hybridized carbons (Fsp3) is 0.500. The van der Waals surface area contributed by atoms with E-state index in [2.05, 4.69) is 10.3 Å². The van der Waals surface area contributed by atoms with Gasteiger partial charge in [0.2, 0.25) is 0 Å². The highest BCUT2D eigenvalue weighted by atomic mass is 32.1. The van der Waals surface area contributed by atoms with Gasteiger partial charge in [0.05, 0.1) is 0 Å². The Balaban J connectivity index is 1.54. The standard InChI is InChI=1S/C18H22N2O3S2/c1-12(16(21)19-14-6-4-2-3-5-7-14)23-18(22)15-11-25-17(20-15)13-8-9-24-10-13/h8-12,14H,2-7H2,1H3,(H,19,21). The quantitative estimate of drug-likeness (QED) is 0.624. The number of thiazole rings is 1. The summed E-state index contributed by atoms with van der Waals surface area (Å²) in [6.07, 6.45) is 5.93. The van der Waals surface area contributed by atoms with Crippen LogP contribution in [0.3, 0.4) is 0 Å². The molecule has 25 heavy (non-hydrogen) atoms. The predicted octanol–water partition coefficient (Wildman–Crippen LogP) is 4.26. The normalized spacial score (nSPS) is 16.8. The Kier molecular flexibility index (Phi) is 6.20. The third kappa shape index (κ3) is 4.89. The Hall–Kier alpha value is -1.73. The van der Waals surface area contributed by atoms with Gasteiger partial charge in [-0.1, -0.05) is 25.7 Å². The van der Waals surface area contributed by atoms with Gasteiger partial charge in [-0.2, -0.15) is 11.3 Å². The maximum Gasteiger partial charge on any atom is 0.358 e. The first kappa shape index (κ1) is 18.1. The molecule has 3 rings (SSSR count). The van der Waals surface area contributed by atoms with Crippen molar-refractivity contribution in [3.05, 3.63) is 27.9 Å². The van der Waals surface area contributed by atoms with Crippen LogP contribution in [0.1, 0.15) is 55.9 Å². The van der Waals surface area contributed by atoms with Gasteiger partial charge in [0.1, 0.15) is 5.01 Å². The predicted molar refractivity (Wildman–Crippen MR) is 99.9 cm³/mol. The van der Waals surface area contributed by atoms with E-state index in [-0.39, 0.29) is 17.6 Å². The van der Waals surface area contributed by atoms with Crippen LogP contribution in [0.15, 0.2) is 22.2 Å². The fourth-order valence-electron chi connectivity index (χ4n) is 2.90. The van der Waals surface area contributed by atoms with Gasteiger partial charge in [-0.25, -0.2) is 9.78 Å². The molecule has 0 aliphatic heterocycles. The minimum absolute atomic E-state index is 0.195. The Labute approximate surface area is 155 Å². The van der Waals surface area contributed by atoms with Crippen molar-refractivity contribution in [3.8, 4) is 10.6 Å². The minimum atomic E-state index is -0.818. The lowest BCUT2D eigenvalue weighted by molar-refractivity contribution is -0.129. The number of carbonyl (C=O) groups is 2. The van der Waals surface area contributed by atoms with Crippen LogP contribution in [-0.4, -0.2) is 29.0 Å². The smallest absolute Gasteiger partial charge is 0.358 e. The number of rotatable bonds is 5. The van der Waals surface area contributed by atoms with Crippen molar-refractivity contribution in [2.75, 3.05) is 0 Å². The molecule has 1 aliphatic carbocycles. The second-order valence-electron chi connectivity index (χ2n) is 6.29. The number of esters is 1. The molecule has 0 spiro atoms. The molecule has 0 aromatic carbocycles. The van der Waals surface area contributed by atoms with E-state index in [9.17, 15) is 9.59 Å². The van der Waals surface area contributed by atoms with E-state index in [1.165, 1.54) is 24.2 Å². The summed E-state index contributed by atoms with van der Waals surface area (Å²) in [5.74, 6) is -0.783. The van der Waals surface area contributed by atoms with Crippen molar-refractivity contribution < 1.29 is 14.3 Å². The van der Waals surface area contributed by atoms with Gasteiger partial charge in [0.25, 0.3) is 5.91 Å². The maximum atomic E-state index is 12.3. The summed E-state index contributed by atoms with van der Waals surface area (Å²) in [7, 11) is 0. The van der Waals surface area contributed by atoms with Crippen molar-refractivity contribution in [1.82, 2.24) is 10.3 Å². The van der Waals surface area contributed by atoms with Crippen LogP contribution in [-0.2, 0) is 9.53 Å². The average Bonchev–Trinajstić information content (AvgIpc) is 3.23. The minimum Gasteiger partial charge on any atom is -0.448 e. The topological polar surface area (TPSA) is 68.3 Å². The van der Waals surface area contributed by atoms with Crippen LogP contribution in [0.25, 0.3) is 10.6 Å². The van der Waals surface area contributed by atoms with Crippen molar-refractivity contribution in [2.45, 2.75) is 57.6 Å². The summed E-state index contributed by atoms with van der Waals surface area (Å²) in [5, 5.41) is 9.41. The van der Waals surface area contributed by atoms with Crippen molar-refractivity contribution in [1.29, 1.82) is 0 Å². The molecule has 1 atom stereocenters. The van der Waals surface area contributed by atoms with Gasteiger partial charge >= 0.3 is 5.97 Å². The molecule has 2 aromatic heterocycles. The van der Waals surface area contributed by atoms with Crippen LogP contribution >= 0.6 is 22.7 Å². The highest BCUT2D eigenvalue weighted by molar-refractivity contribution is 7.14. The molecular formula is C18H22N2O3S2. The maximum absolute atomic E-state index is 12.3. The number of ether oxygens (including phenoxy) is 1. The first-order chi connectivity index (χ1) is 12.1. The molecule has 1 aliphatic rings. The summed E-state index contributed by atoms with van der Waals surface area (Å²) in [6, 6.07) is 2.15. The van der Waals surface area contributed by atoms with Gasteiger partial charge in [-0.15, -0.1) is 11.3 Å². The lowest BCUT2D eigenvalue weighted by Crippen LogP contribution is -2.41. The van der Waals surface area contributed by atoms with Gasteiger partial charge in [-0.05, 0) is 31.2 Å². The first-order valence-corrected chi connectivity index (χ1v) is 10.4. The Bertz CT molecular complexity index is 704. The molecule has 1 N–H and O–H groups in total. The van der Waals surface area contributed by atoms with Crippen LogP contribution in [0.5, 0.6) is 0 Å². The molecule has 0 saturated heterocycles. The molecule has 2 heterocycles. The third-order valence-electron chi connectivity index (χ3n) is 4.34. The SMILES string of the molecule is CC(OC(=O)c1csc(-c2ccsc2)n1)C(=O)NC1CCCCCC1. The number of hydrogen-bond donors (Lipinski definition) is 1. The zero-order chi connectivity index (χ0) is 17.6. The summed E-state index contributed by atoms with van der Waals surface area (Å²) in [4.78, 5) is 28.8. The lowest BCUT2D eigenvalue weighted by Gasteiger charge is -2.19. The monoisotopic (exact) mass is 378 g/mol. The third-order valence-corrected chi connectivity index (χ3v) is 5.91. The van der Waals surface area contributed by atoms with E-state index in [0.29, 0.717) is 0 Å². The summed E-state index contributed by atoms with van der Waals surface area (Å²) in [5.41, 5.74) is 1.24. The molecule has 5 nitrogen and oxygen atoms in total. The van der Waals surface area contributed by atoms with Crippen LogP contribution in [0, 0.1) is 0 Å². The molecule has 1 amide bonds. The van der Waals surface area contributed by atoms with E-state index >= 15 is 0 Å².